The number of nitrogens with zero attached hydrogens (tertiary/aromatic N) is 3. The Kier molecular flexibility index (Phi) is 5.85. The van der Waals surface area contributed by atoms with Gasteiger partial charge >= 0.3 is 0 Å². The first-order valence-corrected chi connectivity index (χ1v) is 6.68. The molecule has 0 aliphatic heterocycles. The fourth-order valence-electron chi connectivity index (χ4n) is 1.35. The monoisotopic (exact) mass is 301 g/mol. The second kappa shape index (κ2) is 6.91. The van der Waals surface area contributed by atoms with Gasteiger partial charge in [0.2, 0.25) is 0 Å². The van der Waals surface area contributed by atoms with E-state index in [0.29, 0.717) is 6.61 Å². The second-order valence-corrected chi connectivity index (χ2v) is 4.97. The molecule has 0 radical (unpaired) electrons. The molecule has 1 aromatic rings. The minimum Gasteiger partial charge on any atom is -0.377 e. The third-order valence-corrected chi connectivity index (χ3v) is 2.72. The third kappa shape index (κ3) is 5.00. The number of halogens is 1. The van der Waals surface area contributed by atoms with Crippen LogP contribution in [0.15, 0.2) is 10.7 Å². The number of hydrogen-bond donors (Lipinski definition) is 0. The Morgan fingerprint density at radius 3 is 2.71 bits per heavy atom. The second-order valence-electron chi connectivity index (χ2n) is 4.16. The number of ether oxygens (including phenoxy) is 1. The van der Waals surface area contributed by atoms with Crippen LogP contribution in [0.25, 0.3) is 0 Å². The van der Waals surface area contributed by atoms with Crippen LogP contribution < -0.4 is 4.90 Å². The molecule has 0 N–H and O–H groups in total. The molecule has 0 aliphatic rings. The average molecular weight is 302 g/mol. The molecular formula is C12H20BrN3O. The van der Waals surface area contributed by atoms with E-state index in [0.717, 1.165) is 29.2 Å². The van der Waals surface area contributed by atoms with Crippen LogP contribution in [0.2, 0.25) is 0 Å². The molecule has 1 heterocycles. The number of rotatable bonds is 6. The SMILES string of the molecule is CCc1nc(Br)cc(N(C)CCOC(C)C)n1. The maximum atomic E-state index is 5.52. The lowest BCUT2D eigenvalue weighted by Crippen LogP contribution is -2.25. The Hall–Kier alpha value is -0.680. The lowest BCUT2D eigenvalue weighted by atomic mass is 10.4. The predicted molar refractivity (Wildman–Crippen MR) is 73.5 cm³/mol. The van der Waals surface area contributed by atoms with Crippen LogP contribution in [0.1, 0.15) is 26.6 Å². The highest BCUT2D eigenvalue weighted by Crippen LogP contribution is 2.15. The number of aryl methyl sites for hydroxylation is 1. The van der Waals surface area contributed by atoms with Crippen molar-refractivity contribution in [2.75, 3.05) is 25.1 Å². The minimum atomic E-state index is 0.270. The van der Waals surface area contributed by atoms with Gasteiger partial charge in [0, 0.05) is 26.1 Å². The maximum Gasteiger partial charge on any atom is 0.133 e. The molecule has 0 bridgehead atoms. The highest BCUT2D eigenvalue weighted by Gasteiger charge is 2.06. The molecule has 0 fully saturated rings. The molecule has 0 aromatic carbocycles. The van der Waals surface area contributed by atoms with Crippen molar-refractivity contribution in [1.82, 2.24) is 9.97 Å². The summed E-state index contributed by atoms with van der Waals surface area (Å²) in [7, 11) is 2.01. The average Bonchev–Trinajstić information content (AvgIpc) is 2.27. The number of anilines is 1. The van der Waals surface area contributed by atoms with Crippen molar-refractivity contribution in [3.63, 3.8) is 0 Å². The summed E-state index contributed by atoms with van der Waals surface area (Å²) in [4.78, 5) is 10.8. The van der Waals surface area contributed by atoms with Crippen molar-refractivity contribution in [3.8, 4) is 0 Å². The van der Waals surface area contributed by atoms with Crippen molar-refractivity contribution in [2.24, 2.45) is 0 Å². The van der Waals surface area contributed by atoms with Gasteiger partial charge in [-0.25, -0.2) is 9.97 Å². The van der Waals surface area contributed by atoms with E-state index in [1.165, 1.54) is 0 Å². The summed E-state index contributed by atoms with van der Waals surface area (Å²) < 4.78 is 6.35. The van der Waals surface area contributed by atoms with Gasteiger partial charge in [0.05, 0.1) is 12.7 Å². The van der Waals surface area contributed by atoms with E-state index >= 15 is 0 Å². The molecule has 0 saturated heterocycles. The summed E-state index contributed by atoms with van der Waals surface area (Å²) >= 11 is 3.40. The van der Waals surface area contributed by atoms with Gasteiger partial charge < -0.3 is 9.64 Å². The fraction of sp³-hybridized carbons (Fsp3) is 0.667. The van der Waals surface area contributed by atoms with Gasteiger partial charge in [0.1, 0.15) is 16.2 Å². The van der Waals surface area contributed by atoms with Gasteiger partial charge in [-0.2, -0.15) is 0 Å². The molecule has 4 nitrogen and oxygen atoms in total. The zero-order chi connectivity index (χ0) is 12.8. The van der Waals surface area contributed by atoms with E-state index in [2.05, 4.69) is 30.8 Å². The van der Waals surface area contributed by atoms with Crippen molar-refractivity contribution >= 4 is 21.7 Å². The van der Waals surface area contributed by atoms with Crippen LogP contribution in [0.5, 0.6) is 0 Å². The quantitative estimate of drug-likeness (QED) is 0.757. The van der Waals surface area contributed by atoms with Crippen molar-refractivity contribution in [3.05, 3.63) is 16.5 Å². The van der Waals surface area contributed by atoms with Crippen molar-refractivity contribution in [2.45, 2.75) is 33.3 Å². The standard InChI is InChI=1S/C12H20BrN3O/c1-5-11-14-10(13)8-12(15-11)16(4)6-7-17-9(2)3/h8-9H,5-7H2,1-4H3. The molecule has 0 saturated carbocycles. The van der Waals surface area contributed by atoms with E-state index in [1.807, 2.05) is 33.9 Å². The highest BCUT2D eigenvalue weighted by atomic mass is 79.9. The maximum absolute atomic E-state index is 5.52. The fourth-order valence-corrected chi connectivity index (χ4v) is 1.75. The number of hydrogen-bond acceptors (Lipinski definition) is 4. The molecule has 5 heteroatoms. The molecule has 0 amide bonds. The number of aromatic nitrogens is 2. The first-order valence-electron chi connectivity index (χ1n) is 5.89. The Morgan fingerprint density at radius 2 is 2.12 bits per heavy atom. The Bertz CT molecular complexity index is 358. The lowest BCUT2D eigenvalue weighted by molar-refractivity contribution is 0.0845. The topological polar surface area (TPSA) is 38.2 Å². The molecule has 0 spiro atoms. The highest BCUT2D eigenvalue weighted by molar-refractivity contribution is 9.10. The van der Waals surface area contributed by atoms with Gasteiger partial charge in [0.15, 0.2) is 0 Å². The Balaban J connectivity index is 2.61. The van der Waals surface area contributed by atoms with Crippen LogP contribution in [0.4, 0.5) is 5.82 Å². The molecule has 1 aromatic heterocycles. The first kappa shape index (κ1) is 14.4. The van der Waals surface area contributed by atoms with E-state index in [1.54, 1.807) is 0 Å². The molecule has 0 unspecified atom stereocenters. The summed E-state index contributed by atoms with van der Waals surface area (Å²) in [6.45, 7) is 7.66. The third-order valence-electron chi connectivity index (χ3n) is 2.31. The molecule has 0 aliphatic carbocycles. The molecule has 0 atom stereocenters. The summed E-state index contributed by atoms with van der Waals surface area (Å²) in [6.07, 6.45) is 1.11. The molecule has 1 rings (SSSR count). The Morgan fingerprint density at radius 1 is 1.41 bits per heavy atom. The normalized spacial score (nSPS) is 10.9. The molecule has 96 valence electrons. The summed E-state index contributed by atoms with van der Waals surface area (Å²) in [5.41, 5.74) is 0. The summed E-state index contributed by atoms with van der Waals surface area (Å²) in [5, 5.41) is 0. The van der Waals surface area contributed by atoms with Crippen LogP contribution in [0, 0.1) is 0 Å². The molecular weight excluding hydrogens is 282 g/mol. The van der Waals surface area contributed by atoms with E-state index in [4.69, 9.17) is 4.74 Å². The summed E-state index contributed by atoms with van der Waals surface area (Å²) in [5.74, 6) is 1.78. The van der Waals surface area contributed by atoms with Gasteiger partial charge in [-0.3, -0.25) is 0 Å². The van der Waals surface area contributed by atoms with Crippen molar-refractivity contribution in [1.29, 1.82) is 0 Å². The van der Waals surface area contributed by atoms with Crippen LogP contribution >= 0.6 is 15.9 Å². The van der Waals surface area contributed by atoms with Gasteiger partial charge in [0.25, 0.3) is 0 Å². The van der Waals surface area contributed by atoms with Crippen LogP contribution in [-0.2, 0) is 11.2 Å². The predicted octanol–water partition coefficient (Wildman–Crippen LogP) is 2.66. The Labute approximate surface area is 112 Å². The van der Waals surface area contributed by atoms with E-state index in [-0.39, 0.29) is 6.10 Å². The van der Waals surface area contributed by atoms with Gasteiger partial charge in [-0.15, -0.1) is 0 Å². The van der Waals surface area contributed by atoms with E-state index < -0.39 is 0 Å². The van der Waals surface area contributed by atoms with E-state index in [9.17, 15) is 0 Å². The lowest BCUT2D eigenvalue weighted by Gasteiger charge is -2.19. The molecule has 17 heavy (non-hydrogen) atoms. The van der Waals surface area contributed by atoms with Gasteiger partial charge in [-0.1, -0.05) is 6.92 Å². The number of likely N-dealkylation sites (N-methyl/N-ethyl adjacent to an activating group) is 1. The van der Waals surface area contributed by atoms with Crippen LogP contribution in [0.3, 0.4) is 0 Å². The minimum absolute atomic E-state index is 0.270. The zero-order valence-corrected chi connectivity index (χ0v) is 12.5. The zero-order valence-electron chi connectivity index (χ0n) is 10.9. The van der Waals surface area contributed by atoms with Gasteiger partial charge in [-0.05, 0) is 29.8 Å². The summed E-state index contributed by atoms with van der Waals surface area (Å²) in [6, 6.07) is 1.93. The van der Waals surface area contributed by atoms with Crippen molar-refractivity contribution < 1.29 is 4.74 Å². The first-order chi connectivity index (χ1) is 8.02. The smallest absolute Gasteiger partial charge is 0.133 e. The largest absolute Gasteiger partial charge is 0.377 e. The van der Waals surface area contributed by atoms with Crippen LogP contribution in [-0.4, -0.2) is 36.3 Å².